The fourth-order valence-corrected chi connectivity index (χ4v) is 3.33. The molecule has 2 aromatic heterocycles. The van der Waals surface area contributed by atoms with Crippen molar-refractivity contribution in [3.63, 3.8) is 0 Å². The molecule has 0 aliphatic carbocycles. The number of amides is 1. The van der Waals surface area contributed by atoms with Crippen LogP contribution in [0.3, 0.4) is 0 Å². The van der Waals surface area contributed by atoms with Crippen molar-refractivity contribution < 1.29 is 4.79 Å². The number of pyridine rings is 1. The number of aromatic nitrogens is 3. The molecular formula is C19H25ClN6O. The zero-order valence-corrected chi connectivity index (χ0v) is 17.1. The lowest BCUT2D eigenvalue weighted by molar-refractivity contribution is 0.0815. The van der Waals surface area contributed by atoms with Crippen LogP contribution in [0.15, 0.2) is 12.3 Å². The Balaban J connectivity index is 1.80. The van der Waals surface area contributed by atoms with E-state index in [9.17, 15) is 4.79 Å². The van der Waals surface area contributed by atoms with Crippen molar-refractivity contribution >= 4 is 29.0 Å². The molecule has 0 aromatic carbocycles. The molecule has 1 aliphatic heterocycles. The van der Waals surface area contributed by atoms with Gasteiger partial charge in [0, 0.05) is 50.7 Å². The Morgan fingerprint density at radius 3 is 2.70 bits per heavy atom. The van der Waals surface area contributed by atoms with Crippen molar-refractivity contribution in [2.24, 2.45) is 0 Å². The lowest BCUT2D eigenvalue weighted by atomic mass is 10.2. The van der Waals surface area contributed by atoms with Crippen LogP contribution in [0.25, 0.3) is 0 Å². The van der Waals surface area contributed by atoms with Crippen molar-refractivity contribution in [3.8, 4) is 0 Å². The third-order valence-corrected chi connectivity index (χ3v) is 5.35. The van der Waals surface area contributed by atoms with Crippen LogP contribution < -0.4 is 10.2 Å². The van der Waals surface area contributed by atoms with Gasteiger partial charge in [-0.3, -0.25) is 9.78 Å². The largest absolute Gasteiger partial charge is 0.379 e. The van der Waals surface area contributed by atoms with Crippen molar-refractivity contribution in [3.05, 3.63) is 40.1 Å². The minimum Gasteiger partial charge on any atom is -0.379 e. The molecular weight excluding hydrogens is 364 g/mol. The average Bonchev–Trinajstić information content (AvgIpc) is 3.08. The van der Waals surface area contributed by atoms with E-state index in [1.54, 1.807) is 20.3 Å². The molecule has 8 heteroatoms. The standard InChI is InChI=1S/C19H25ClN6O/c1-11-12(2)22-17(19(27)25(4)5)24-18(11)26-9-7-14(10-26)23-15-6-8-21-13(3)16(15)20/h6,8,14H,7,9-10H2,1-5H3,(H,21,23)/t14-/m1/s1. The summed E-state index contributed by atoms with van der Waals surface area (Å²) in [7, 11) is 3.41. The van der Waals surface area contributed by atoms with Gasteiger partial charge in [0.05, 0.1) is 16.4 Å². The molecule has 0 saturated carbocycles. The number of halogens is 1. The molecule has 27 heavy (non-hydrogen) atoms. The van der Waals surface area contributed by atoms with Gasteiger partial charge < -0.3 is 15.1 Å². The summed E-state index contributed by atoms with van der Waals surface area (Å²) in [5.41, 5.74) is 3.54. The summed E-state index contributed by atoms with van der Waals surface area (Å²) in [5, 5.41) is 4.16. The highest BCUT2D eigenvalue weighted by Crippen LogP contribution is 2.28. The lowest BCUT2D eigenvalue weighted by Gasteiger charge is -2.22. The van der Waals surface area contributed by atoms with Gasteiger partial charge in [-0.15, -0.1) is 0 Å². The molecule has 1 saturated heterocycles. The third kappa shape index (κ3) is 3.98. The molecule has 1 fully saturated rings. The van der Waals surface area contributed by atoms with Crippen LogP contribution in [-0.2, 0) is 0 Å². The number of hydrogen-bond acceptors (Lipinski definition) is 6. The Labute approximate surface area is 164 Å². The first-order valence-corrected chi connectivity index (χ1v) is 9.35. The van der Waals surface area contributed by atoms with Crippen molar-refractivity contribution in [2.45, 2.75) is 33.2 Å². The van der Waals surface area contributed by atoms with E-state index in [2.05, 4.69) is 25.2 Å². The second-order valence-corrected chi connectivity index (χ2v) is 7.49. The van der Waals surface area contributed by atoms with Crippen LogP contribution in [0.2, 0.25) is 5.02 Å². The minimum absolute atomic E-state index is 0.188. The zero-order valence-electron chi connectivity index (χ0n) is 16.4. The fraction of sp³-hybridized carbons (Fsp3) is 0.474. The lowest BCUT2D eigenvalue weighted by Crippen LogP contribution is -2.30. The summed E-state index contributed by atoms with van der Waals surface area (Å²) in [5.74, 6) is 0.878. The van der Waals surface area contributed by atoms with Gasteiger partial charge in [0.15, 0.2) is 0 Å². The molecule has 0 spiro atoms. The molecule has 0 bridgehead atoms. The van der Waals surface area contributed by atoms with Crippen LogP contribution in [0.1, 0.15) is 34.0 Å². The summed E-state index contributed by atoms with van der Waals surface area (Å²) in [6.45, 7) is 7.44. The molecule has 144 valence electrons. The van der Waals surface area contributed by atoms with Gasteiger partial charge in [-0.05, 0) is 33.3 Å². The Hall–Kier alpha value is -2.41. The Kier molecular flexibility index (Phi) is 5.51. The summed E-state index contributed by atoms with van der Waals surface area (Å²) in [4.78, 5) is 29.1. The topological polar surface area (TPSA) is 74.2 Å². The smallest absolute Gasteiger partial charge is 0.291 e. The van der Waals surface area contributed by atoms with Crippen molar-refractivity contribution in [1.29, 1.82) is 0 Å². The van der Waals surface area contributed by atoms with Crippen LogP contribution in [0.5, 0.6) is 0 Å². The summed E-state index contributed by atoms with van der Waals surface area (Å²) < 4.78 is 0. The van der Waals surface area contributed by atoms with Crippen LogP contribution in [0, 0.1) is 20.8 Å². The number of aryl methyl sites for hydroxylation is 2. The normalized spacial score (nSPS) is 16.5. The molecule has 0 unspecified atom stereocenters. The van der Waals surface area contributed by atoms with Crippen LogP contribution in [-0.4, -0.2) is 59.0 Å². The molecule has 1 amide bonds. The summed E-state index contributed by atoms with van der Waals surface area (Å²) in [6, 6.07) is 2.14. The highest BCUT2D eigenvalue weighted by Gasteiger charge is 2.27. The van der Waals surface area contributed by atoms with Gasteiger partial charge in [0.1, 0.15) is 5.82 Å². The predicted molar refractivity (Wildman–Crippen MR) is 108 cm³/mol. The number of anilines is 2. The third-order valence-electron chi connectivity index (χ3n) is 4.87. The maximum Gasteiger partial charge on any atom is 0.291 e. The second kappa shape index (κ2) is 7.68. The van der Waals surface area contributed by atoms with Gasteiger partial charge >= 0.3 is 0 Å². The number of nitrogens with zero attached hydrogens (tertiary/aromatic N) is 5. The predicted octanol–water partition coefficient (Wildman–Crippen LogP) is 2.84. The molecule has 1 N–H and O–H groups in total. The van der Waals surface area contributed by atoms with E-state index in [-0.39, 0.29) is 17.8 Å². The van der Waals surface area contributed by atoms with E-state index in [1.165, 1.54) is 4.90 Å². The highest BCUT2D eigenvalue weighted by molar-refractivity contribution is 6.33. The highest BCUT2D eigenvalue weighted by atomic mass is 35.5. The van der Waals surface area contributed by atoms with E-state index in [4.69, 9.17) is 11.6 Å². The molecule has 3 rings (SSSR count). The molecule has 3 heterocycles. The van der Waals surface area contributed by atoms with Gasteiger partial charge in [0.2, 0.25) is 5.82 Å². The second-order valence-electron chi connectivity index (χ2n) is 7.11. The van der Waals surface area contributed by atoms with Crippen LogP contribution >= 0.6 is 11.6 Å². The van der Waals surface area contributed by atoms with E-state index >= 15 is 0 Å². The fourth-order valence-electron chi connectivity index (χ4n) is 3.17. The number of carbonyl (C=O) groups excluding carboxylic acids is 1. The SMILES string of the molecule is Cc1nc(C(=O)N(C)C)nc(N2CC[C@@H](Nc3ccnc(C)c3Cl)C2)c1C. The Morgan fingerprint density at radius 1 is 1.26 bits per heavy atom. The number of carbonyl (C=O) groups is 1. The monoisotopic (exact) mass is 388 g/mol. The number of hydrogen-bond donors (Lipinski definition) is 1. The van der Waals surface area contributed by atoms with Crippen molar-refractivity contribution in [1.82, 2.24) is 19.9 Å². The van der Waals surface area contributed by atoms with E-state index in [0.29, 0.717) is 5.02 Å². The molecule has 1 aliphatic rings. The summed E-state index contributed by atoms with van der Waals surface area (Å²) >= 11 is 6.35. The van der Waals surface area contributed by atoms with Gasteiger partial charge in [-0.2, -0.15) is 0 Å². The first kappa shape index (κ1) is 19.4. The Bertz CT molecular complexity index is 870. The first-order valence-electron chi connectivity index (χ1n) is 8.97. The quantitative estimate of drug-likeness (QED) is 0.868. The first-order chi connectivity index (χ1) is 12.8. The van der Waals surface area contributed by atoms with Gasteiger partial charge in [-0.1, -0.05) is 11.6 Å². The van der Waals surface area contributed by atoms with E-state index in [1.807, 2.05) is 26.8 Å². The molecule has 2 aromatic rings. The number of nitrogens with one attached hydrogen (secondary N) is 1. The maximum atomic E-state index is 12.3. The van der Waals surface area contributed by atoms with Crippen molar-refractivity contribution in [2.75, 3.05) is 37.4 Å². The molecule has 1 atom stereocenters. The van der Waals surface area contributed by atoms with E-state index < -0.39 is 0 Å². The van der Waals surface area contributed by atoms with Gasteiger partial charge in [0.25, 0.3) is 5.91 Å². The average molecular weight is 389 g/mol. The summed E-state index contributed by atoms with van der Waals surface area (Å²) in [6.07, 6.45) is 2.71. The zero-order chi connectivity index (χ0) is 19.7. The molecule has 7 nitrogen and oxygen atoms in total. The van der Waals surface area contributed by atoms with E-state index in [0.717, 1.165) is 48.0 Å². The van der Waals surface area contributed by atoms with Gasteiger partial charge in [-0.25, -0.2) is 9.97 Å². The van der Waals surface area contributed by atoms with Crippen LogP contribution in [0.4, 0.5) is 11.5 Å². The number of rotatable bonds is 4. The maximum absolute atomic E-state index is 12.3. The molecule has 0 radical (unpaired) electrons. The minimum atomic E-state index is -0.188. The Morgan fingerprint density at radius 2 is 2.00 bits per heavy atom.